The van der Waals surface area contributed by atoms with Gasteiger partial charge in [-0.1, -0.05) is 42.0 Å². The Morgan fingerprint density at radius 1 is 1.11 bits per heavy atom. The first-order valence-electron chi connectivity index (χ1n) is 8.53. The average molecular weight is 389 g/mol. The molecule has 1 amide bonds. The summed E-state index contributed by atoms with van der Waals surface area (Å²) in [5.74, 6) is -0.630. The first-order valence-corrected chi connectivity index (χ1v) is 8.53. The van der Waals surface area contributed by atoms with Gasteiger partial charge in [-0.3, -0.25) is 14.7 Å². The Labute approximate surface area is 159 Å². The Kier molecular flexibility index (Phi) is 5.51. The van der Waals surface area contributed by atoms with E-state index in [1.165, 1.54) is 16.8 Å². The lowest BCUT2D eigenvalue weighted by molar-refractivity contribution is -0.141. The molecule has 0 atom stereocenters. The minimum absolute atomic E-state index is 0.241. The lowest BCUT2D eigenvalue weighted by Gasteiger charge is -2.09. The smallest absolute Gasteiger partial charge is 0.288 e. The number of hydrogen-bond donors (Lipinski definition) is 2. The summed E-state index contributed by atoms with van der Waals surface area (Å²) in [5.41, 5.74) is 3.78. The van der Waals surface area contributed by atoms with Crippen LogP contribution in [0.15, 0.2) is 54.6 Å². The molecule has 0 saturated heterocycles. The number of nitrogens with zero attached hydrogens (tertiary/aromatic N) is 2. The summed E-state index contributed by atoms with van der Waals surface area (Å²) in [7, 11) is 0. The zero-order valence-electron chi connectivity index (χ0n) is 15.0. The fourth-order valence-corrected chi connectivity index (χ4v) is 2.80. The van der Waals surface area contributed by atoms with Gasteiger partial charge in [0.25, 0.3) is 5.91 Å². The number of alkyl halides is 3. The van der Waals surface area contributed by atoms with Gasteiger partial charge in [0.2, 0.25) is 0 Å². The molecule has 5 nitrogen and oxygen atoms in total. The Morgan fingerprint density at radius 3 is 2.32 bits per heavy atom. The Morgan fingerprint density at radius 2 is 1.75 bits per heavy atom. The lowest BCUT2D eigenvalue weighted by Crippen LogP contribution is -2.18. The second-order valence-corrected chi connectivity index (χ2v) is 6.39. The maximum Gasteiger partial charge on any atom is 0.435 e. The van der Waals surface area contributed by atoms with Gasteiger partial charge >= 0.3 is 6.18 Å². The van der Waals surface area contributed by atoms with Crippen LogP contribution in [0.3, 0.4) is 0 Å². The zero-order valence-corrected chi connectivity index (χ0v) is 15.0. The van der Waals surface area contributed by atoms with Crippen molar-refractivity contribution in [2.45, 2.75) is 26.1 Å². The minimum Gasteiger partial charge on any atom is -0.288 e. The highest BCUT2D eigenvalue weighted by molar-refractivity contribution is 5.93. The van der Waals surface area contributed by atoms with Crippen LogP contribution in [0.4, 0.5) is 13.2 Å². The van der Waals surface area contributed by atoms with Crippen molar-refractivity contribution in [2.24, 2.45) is 0 Å². The standard InChI is InChI=1S/C20H18F3N3O2/c1-13-2-6-15(7-3-13)17-12-18(20(21,22)23)24-26(17)11-10-14-4-8-16(9-5-14)19(27)25-28/h2-9,12,28H,10-11H2,1H3,(H,25,27). The van der Waals surface area contributed by atoms with Crippen LogP contribution in [0, 0.1) is 6.92 Å². The van der Waals surface area contributed by atoms with Gasteiger partial charge < -0.3 is 0 Å². The number of carbonyl (C=O) groups is 1. The van der Waals surface area contributed by atoms with E-state index in [1.54, 1.807) is 29.7 Å². The van der Waals surface area contributed by atoms with Crippen LogP contribution >= 0.6 is 0 Å². The van der Waals surface area contributed by atoms with Crippen molar-refractivity contribution < 1.29 is 23.2 Å². The Balaban J connectivity index is 1.85. The molecule has 0 saturated carbocycles. The molecule has 2 N–H and O–H groups in total. The van der Waals surface area contributed by atoms with E-state index in [-0.39, 0.29) is 12.1 Å². The van der Waals surface area contributed by atoms with Crippen LogP contribution in [0.5, 0.6) is 0 Å². The summed E-state index contributed by atoms with van der Waals surface area (Å²) in [5, 5.41) is 12.4. The van der Waals surface area contributed by atoms with Crippen LogP contribution in [-0.4, -0.2) is 20.9 Å². The van der Waals surface area contributed by atoms with Crippen LogP contribution in [0.1, 0.15) is 27.2 Å². The van der Waals surface area contributed by atoms with Gasteiger partial charge in [0.05, 0.1) is 5.69 Å². The molecule has 8 heteroatoms. The number of nitrogens with one attached hydrogen (secondary N) is 1. The van der Waals surface area contributed by atoms with E-state index >= 15 is 0 Å². The SMILES string of the molecule is Cc1ccc(-c2cc(C(F)(F)F)nn2CCc2ccc(C(=O)NO)cc2)cc1. The number of aromatic nitrogens is 2. The molecule has 0 radical (unpaired) electrons. The zero-order chi connectivity index (χ0) is 20.3. The van der Waals surface area contributed by atoms with E-state index < -0.39 is 17.8 Å². The van der Waals surface area contributed by atoms with E-state index in [1.807, 2.05) is 19.1 Å². The lowest BCUT2D eigenvalue weighted by atomic mass is 10.1. The van der Waals surface area contributed by atoms with Crippen molar-refractivity contribution in [1.29, 1.82) is 0 Å². The molecule has 2 aromatic carbocycles. The van der Waals surface area contributed by atoms with Crippen molar-refractivity contribution in [1.82, 2.24) is 15.3 Å². The largest absolute Gasteiger partial charge is 0.435 e. The molecule has 3 aromatic rings. The molecule has 0 aliphatic heterocycles. The summed E-state index contributed by atoms with van der Waals surface area (Å²) in [6.45, 7) is 2.15. The number of aryl methyl sites for hydroxylation is 3. The average Bonchev–Trinajstić information content (AvgIpc) is 3.11. The number of hydrogen-bond acceptors (Lipinski definition) is 3. The predicted molar refractivity (Wildman–Crippen MR) is 96.8 cm³/mol. The molecule has 0 aliphatic rings. The second kappa shape index (κ2) is 7.85. The molecule has 0 unspecified atom stereocenters. The normalized spacial score (nSPS) is 11.5. The molecule has 0 aliphatic carbocycles. The first-order chi connectivity index (χ1) is 13.3. The molecule has 1 heterocycles. The highest BCUT2D eigenvalue weighted by Gasteiger charge is 2.35. The summed E-state index contributed by atoms with van der Waals surface area (Å²) in [6, 6.07) is 14.7. The Bertz CT molecular complexity index is 962. The van der Waals surface area contributed by atoms with Gasteiger partial charge in [-0.05, 0) is 42.7 Å². The van der Waals surface area contributed by atoms with E-state index in [4.69, 9.17) is 5.21 Å². The van der Waals surface area contributed by atoms with Crippen LogP contribution in [-0.2, 0) is 19.1 Å². The summed E-state index contributed by atoms with van der Waals surface area (Å²) in [4.78, 5) is 11.3. The van der Waals surface area contributed by atoms with Gasteiger partial charge in [0, 0.05) is 12.1 Å². The maximum atomic E-state index is 13.1. The minimum atomic E-state index is -4.52. The van der Waals surface area contributed by atoms with Crippen LogP contribution in [0.25, 0.3) is 11.3 Å². The third-order valence-corrected chi connectivity index (χ3v) is 4.35. The molecule has 28 heavy (non-hydrogen) atoms. The summed E-state index contributed by atoms with van der Waals surface area (Å²) in [6.07, 6.45) is -4.09. The topological polar surface area (TPSA) is 67.2 Å². The fourth-order valence-electron chi connectivity index (χ4n) is 2.80. The van der Waals surface area contributed by atoms with Crippen molar-refractivity contribution in [3.8, 4) is 11.3 Å². The number of benzene rings is 2. The maximum absolute atomic E-state index is 13.1. The van der Waals surface area contributed by atoms with Gasteiger partial charge in [0.15, 0.2) is 5.69 Å². The van der Waals surface area contributed by atoms with E-state index in [0.717, 1.165) is 17.2 Å². The molecule has 3 rings (SSSR count). The van der Waals surface area contributed by atoms with E-state index in [9.17, 15) is 18.0 Å². The highest BCUT2D eigenvalue weighted by atomic mass is 19.4. The van der Waals surface area contributed by atoms with Gasteiger partial charge in [0.1, 0.15) is 0 Å². The molecule has 0 bridgehead atoms. The Hall–Kier alpha value is -3.13. The monoisotopic (exact) mass is 389 g/mol. The predicted octanol–water partition coefficient (Wildman–Crippen LogP) is 4.24. The van der Waals surface area contributed by atoms with E-state index in [2.05, 4.69) is 5.10 Å². The summed E-state index contributed by atoms with van der Waals surface area (Å²) < 4.78 is 40.8. The van der Waals surface area contributed by atoms with Crippen molar-refractivity contribution in [2.75, 3.05) is 0 Å². The van der Waals surface area contributed by atoms with Crippen molar-refractivity contribution in [3.05, 3.63) is 77.0 Å². The molecule has 0 spiro atoms. The van der Waals surface area contributed by atoms with Crippen LogP contribution in [0.2, 0.25) is 0 Å². The first kappa shape index (κ1) is 19.6. The number of rotatable bonds is 5. The molecular formula is C20H18F3N3O2. The molecule has 1 aromatic heterocycles. The fraction of sp³-hybridized carbons (Fsp3) is 0.200. The highest BCUT2D eigenvalue weighted by Crippen LogP contribution is 2.32. The number of hydroxylamine groups is 1. The molecule has 0 fully saturated rings. The van der Waals surface area contributed by atoms with Gasteiger partial charge in [-0.2, -0.15) is 18.3 Å². The second-order valence-electron chi connectivity index (χ2n) is 6.39. The number of amides is 1. The van der Waals surface area contributed by atoms with Crippen LogP contribution < -0.4 is 5.48 Å². The number of halogens is 3. The molecule has 146 valence electrons. The van der Waals surface area contributed by atoms with Crippen molar-refractivity contribution >= 4 is 5.91 Å². The molecular weight excluding hydrogens is 371 g/mol. The third-order valence-electron chi connectivity index (χ3n) is 4.35. The summed E-state index contributed by atoms with van der Waals surface area (Å²) >= 11 is 0. The number of carbonyl (C=O) groups excluding carboxylic acids is 1. The van der Waals surface area contributed by atoms with E-state index in [0.29, 0.717) is 17.7 Å². The third kappa shape index (κ3) is 4.40. The van der Waals surface area contributed by atoms with Crippen molar-refractivity contribution in [3.63, 3.8) is 0 Å². The van der Waals surface area contributed by atoms with Gasteiger partial charge in [-0.25, -0.2) is 5.48 Å². The quantitative estimate of drug-likeness (QED) is 0.507. The van der Waals surface area contributed by atoms with Gasteiger partial charge in [-0.15, -0.1) is 0 Å².